The van der Waals surface area contributed by atoms with Crippen LogP contribution >= 0.6 is 11.3 Å². The lowest BCUT2D eigenvalue weighted by Gasteiger charge is -2.05. The summed E-state index contributed by atoms with van der Waals surface area (Å²) in [5.74, 6) is 0. The van der Waals surface area contributed by atoms with E-state index in [4.69, 9.17) is 5.73 Å². The summed E-state index contributed by atoms with van der Waals surface area (Å²) in [7, 11) is 0. The summed E-state index contributed by atoms with van der Waals surface area (Å²) < 4.78 is 0. The molecule has 2 aromatic rings. The summed E-state index contributed by atoms with van der Waals surface area (Å²) in [6, 6.07) is 10.6. The van der Waals surface area contributed by atoms with Crippen molar-refractivity contribution in [3.8, 4) is 0 Å². The van der Waals surface area contributed by atoms with E-state index in [1.807, 2.05) is 0 Å². The Morgan fingerprint density at radius 2 is 1.83 bits per heavy atom. The van der Waals surface area contributed by atoms with Crippen molar-refractivity contribution in [1.29, 1.82) is 0 Å². The van der Waals surface area contributed by atoms with Gasteiger partial charge < -0.3 is 5.73 Å². The number of hydrogen-bond donors (Lipinski definition) is 1. The standard InChI is InChI=1S/C16H15NS/c1-2-15(17)14-9-11-5-3-4-6-12(11)10-16-13(14)7-8-18-16/h3-10H,2,17H2,1H3. The molecule has 1 aliphatic carbocycles. The lowest BCUT2D eigenvalue weighted by Crippen LogP contribution is -2.22. The van der Waals surface area contributed by atoms with Crippen molar-refractivity contribution < 1.29 is 0 Å². The number of benzene rings is 1. The third-order valence-corrected chi connectivity index (χ3v) is 4.16. The molecule has 2 N–H and O–H groups in total. The van der Waals surface area contributed by atoms with E-state index in [-0.39, 0.29) is 0 Å². The highest BCUT2D eigenvalue weighted by Crippen LogP contribution is 2.29. The predicted octanol–water partition coefficient (Wildman–Crippen LogP) is 2.45. The molecule has 0 bridgehead atoms. The maximum Gasteiger partial charge on any atom is 0.0355 e. The molecule has 0 spiro atoms. The Balaban J connectivity index is 2.42. The molecule has 3 rings (SSSR count). The van der Waals surface area contributed by atoms with Crippen molar-refractivity contribution in [2.75, 3.05) is 0 Å². The molecule has 18 heavy (non-hydrogen) atoms. The molecule has 0 saturated heterocycles. The molecule has 2 heteroatoms. The van der Waals surface area contributed by atoms with Crippen LogP contribution in [-0.4, -0.2) is 0 Å². The molecule has 1 aromatic heterocycles. The number of nitrogens with two attached hydrogens (primary N) is 1. The lowest BCUT2D eigenvalue weighted by molar-refractivity contribution is 1.08. The molecule has 1 aromatic carbocycles. The fourth-order valence-corrected chi connectivity index (χ4v) is 3.11. The van der Waals surface area contributed by atoms with Crippen molar-refractivity contribution in [3.63, 3.8) is 0 Å². The molecular weight excluding hydrogens is 238 g/mol. The zero-order chi connectivity index (χ0) is 12.5. The Kier molecular flexibility index (Phi) is 2.80. The van der Waals surface area contributed by atoms with E-state index in [1.165, 1.54) is 26.5 Å². The minimum absolute atomic E-state index is 0.878. The fraction of sp³-hybridized carbons (Fsp3) is 0.125. The van der Waals surface area contributed by atoms with Gasteiger partial charge in [0.15, 0.2) is 0 Å². The molecule has 0 atom stereocenters. The maximum atomic E-state index is 6.19. The van der Waals surface area contributed by atoms with Gasteiger partial charge in [0, 0.05) is 21.7 Å². The van der Waals surface area contributed by atoms with Crippen molar-refractivity contribution >= 4 is 29.1 Å². The molecule has 1 nitrogen and oxygen atoms in total. The first-order valence-corrected chi connectivity index (χ1v) is 7.02. The molecule has 0 saturated carbocycles. The predicted molar refractivity (Wildman–Crippen MR) is 79.4 cm³/mol. The lowest BCUT2D eigenvalue weighted by atomic mass is 10.0. The number of hydrogen-bond acceptors (Lipinski definition) is 2. The number of thiophene rings is 1. The van der Waals surface area contributed by atoms with E-state index in [9.17, 15) is 0 Å². The van der Waals surface area contributed by atoms with Crippen LogP contribution in [0.5, 0.6) is 0 Å². The van der Waals surface area contributed by atoms with Gasteiger partial charge in [0.2, 0.25) is 0 Å². The number of rotatable bonds is 1. The van der Waals surface area contributed by atoms with Crippen LogP contribution in [0, 0.1) is 0 Å². The van der Waals surface area contributed by atoms with Crippen LogP contribution < -0.4 is 16.2 Å². The molecule has 0 radical (unpaired) electrons. The van der Waals surface area contributed by atoms with Crippen molar-refractivity contribution in [2.45, 2.75) is 13.3 Å². The van der Waals surface area contributed by atoms with E-state index in [0.717, 1.165) is 12.1 Å². The van der Waals surface area contributed by atoms with Gasteiger partial charge in [-0.25, -0.2) is 0 Å². The Morgan fingerprint density at radius 3 is 2.56 bits per heavy atom. The second-order valence-corrected chi connectivity index (χ2v) is 5.36. The zero-order valence-electron chi connectivity index (χ0n) is 10.3. The summed E-state index contributed by atoms with van der Waals surface area (Å²) >= 11 is 1.77. The van der Waals surface area contributed by atoms with E-state index in [2.05, 4.69) is 54.8 Å². The molecule has 0 amide bonds. The van der Waals surface area contributed by atoms with Crippen LogP contribution in [0.2, 0.25) is 0 Å². The highest BCUT2D eigenvalue weighted by molar-refractivity contribution is 7.11. The Labute approximate surface area is 111 Å². The van der Waals surface area contributed by atoms with Gasteiger partial charge in [-0.2, -0.15) is 0 Å². The summed E-state index contributed by atoms with van der Waals surface area (Å²) in [5.41, 5.74) is 9.58. The summed E-state index contributed by atoms with van der Waals surface area (Å²) in [6.07, 6.45) is 5.34. The van der Waals surface area contributed by atoms with E-state index in [1.54, 1.807) is 11.3 Å². The first-order chi connectivity index (χ1) is 8.79. The highest BCUT2D eigenvalue weighted by Gasteiger charge is 2.11. The Hall–Kier alpha value is -1.80. The minimum atomic E-state index is 0.878. The van der Waals surface area contributed by atoms with Gasteiger partial charge in [0.05, 0.1) is 0 Å². The van der Waals surface area contributed by atoms with E-state index >= 15 is 0 Å². The second kappa shape index (κ2) is 4.46. The van der Waals surface area contributed by atoms with Gasteiger partial charge >= 0.3 is 0 Å². The van der Waals surface area contributed by atoms with E-state index in [0.29, 0.717) is 0 Å². The molecule has 0 fully saturated rings. The summed E-state index contributed by atoms with van der Waals surface area (Å²) in [6.45, 7) is 2.10. The van der Waals surface area contributed by atoms with Crippen LogP contribution in [0.4, 0.5) is 0 Å². The Morgan fingerprint density at radius 1 is 1.11 bits per heavy atom. The summed E-state index contributed by atoms with van der Waals surface area (Å²) in [4.78, 5) is 1.29. The topological polar surface area (TPSA) is 26.0 Å². The smallest absolute Gasteiger partial charge is 0.0355 e. The van der Waals surface area contributed by atoms with Gasteiger partial charge in [-0.15, -0.1) is 11.3 Å². The number of fused-ring (bicyclic) bond motifs is 2. The monoisotopic (exact) mass is 253 g/mol. The van der Waals surface area contributed by atoms with Gasteiger partial charge in [0.25, 0.3) is 0 Å². The van der Waals surface area contributed by atoms with Crippen LogP contribution in [0.25, 0.3) is 17.7 Å². The molecule has 90 valence electrons. The van der Waals surface area contributed by atoms with Crippen molar-refractivity contribution in [1.82, 2.24) is 0 Å². The molecule has 0 aliphatic heterocycles. The third-order valence-electron chi connectivity index (χ3n) is 3.29. The van der Waals surface area contributed by atoms with Crippen LogP contribution in [0.1, 0.15) is 23.8 Å². The minimum Gasteiger partial charge on any atom is -0.402 e. The zero-order valence-corrected chi connectivity index (χ0v) is 11.1. The largest absolute Gasteiger partial charge is 0.402 e. The third kappa shape index (κ3) is 1.79. The first-order valence-electron chi connectivity index (χ1n) is 6.14. The van der Waals surface area contributed by atoms with Crippen LogP contribution in [0.3, 0.4) is 0 Å². The van der Waals surface area contributed by atoms with Gasteiger partial charge in [0.1, 0.15) is 0 Å². The second-order valence-electron chi connectivity index (χ2n) is 4.41. The normalized spacial score (nSPS) is 15.8. The van der Waals surface area contributed by atoms with Crippen LogP contribution in [0.15, 0.2) is 41.4 Å². The average Bonchev–Trinajstić information content (AvgIpc) is 2.79. The average molecular weight is 253 g/mol. The first kappa shape index (κ1) is 11.3. The van der Waals surface area contributed by atoms with Crippen molar-refractivity contribution in [3.05, 3.63) is 62.3 Å². The van der Waals surface area contributed by atoms with Gasteiger partial charge in [-0.3, -0.25) is 0 Å². The highest BCUT2D eigenvalue weighted by atomic mass is 32.1. The van der Waals surface area contributed by atoms with Gasteiger partial charge in [-0.05, 0) is 40.5 Å². The van der Waals surface area contributed by atoms with Crippen molar-refractivity contribution in [2.24, 2.45) is 5.73 Å². The van der Waals surface area contributed by atoms with Crippen LogP contribution in [-0.2, 0) is 0 Å². The Bertz CT molecular complexity index is 734. The molecule has 1 aliphatic rings. The fourth-order valence-electron chi connectivity index (χ4n) is 2.26. The van der Waals surface area contributed by atoms with Gasteiger partial charge in [-0.1, -0.05) is 31.2 Å². The molecular formula is C16H15NS. The SMILES string of the molecule is CCC(N)=C1C=c2ccccc2=Cc2sccc21. The maximum absolute atomic E-state index is 6.19. The molecule has 0 unspecified atom stereocenters. The van der Waals surface area contributed by atoms with E-state index < -0.39 is 0 Å². The molecule has 1 heterocycles. The summed E-state index contributed by atoms with van der Waals surface area (Å²) in [5, 5.41) is 4.64. The quantitative estimate of drug-likeness (QED) is 0.830. The number of allylic oxidation sites excluding steroid dienone is 2.